The molecule has 0 atom stereocenters. The molecule has 0 spiro atoms. The van der Waals surface area contributed by atoms with Gasteiger partial charge >= 0.3 is 0 Å². The molecule has 0 heterocycles. The first kappa shape index (κ1) is 21.1. The Bertz CT molecular complexity index is 674. The van der Waals surface area contributed by atoms with Crippen LogP contribution in [0.3, 0.4) is 0 Å². The Kier molecular flexibility index (Phi) is 6.52. The van der Waals surface area contributed by atoms with Crippen molar-refractivity contribution in [2.24, 2.45) is 17.8 Å². The van der Waals surface area contributed by atoms with Gasteiger partial charge in [-0.2, -0.15) is 0 Å². The summed E-state index contributed by atoms with van der Waals surface area (Å²) in [6.07, 6.45) is 8.58. The van der Waals surface area contributed by atoms with Crippen molar-refractivity contribution in [1.82, 2.24) is 4.90 Å². The van der Waals surface area contributed by atoms with Crippen molar-refractivity contribution in [3.8, 4) is 0 Å². The number of rotatable bonds is 4. The second-order valence-electron chi connectivity index (χ2n) is 8.60. The lowest BCUT2D eigenvalue weighted by Crippen LogP contribution is -2.58. The number of hydrogen-bond donors (Lipinski definition) is 1. The number of anilines is 1. The molecule has 1 amide bonds. The summed E-state index contributed by atoms with van der Waals surface area (Å²) in [5.41, 5.74) is 2.66. The Hall–Kier alpha value is 0.400. The monoisotopic (exact) mass is 600 g/mol. The molecule has 26 heavy (non-hydrogen) atoms. The van der Waals surface area contributed by atoms with Crippen LogP contribution in [0.25, 0.3) is 0 Å². The number of nitrogens with zero attached hydrogens (tertiary/aromatic N) is 1. The molecule has 0 unspecified atom stereocenters. The van der Waals surface area contributed by atoms with E-state index >= 15 is 0 Å². The number of halogens is 3. The van der Waals surface area contributed by atoms with Crippen LogP contribution in [0.5, 0.6) is 0 Å². The van der Waals surface area contributed by atoms with Gasteiger partial charge < -0.3 is 5.32 Å². The van der Waals surface area contributed by atoms with Crippen LogP contribution < -0.4 is 5.32 Å². The molecule has 6 heteroatoms. The van der Waals surface area contributed by atoms with E-state index in [1.165, 1.54) is 47.7 Å². The van der Waals surface area contributed by atoms with Crippen molar-refractivity contribution in [2.75, 3.05) is 12.4 Å². The fraction of sp³-hybridized carbons (Fsp3) is 0.650. The molecule has 0 aliphatic heterocycles. The largest absolute Gasteiger partial charge is 0.325 e. The number of carbonyl (C=O) groups excluding carboxylic acids is 1. The van der Waals surface area contributed by atoms with Crippen LogP contribution >= 0.6 is 57.6 Å². The van der Waals surface area contributed by atoms with Gasteiger partial charge in [0.2, 0.25) is 5.91 Å². The average molecular weight is 601 g/mol. The zero-order valence-corrected chi connectivity index (χ0v) is 20.5. The predicted octanol–water partition coefficient (Wildman–Crippen LogP) is 5.68. The fourth-order valence-electron chi connectivity index (χ4n) is 6.02. The molecule has 0 saturated heterocycles. The van der Waals surface area contributed by atoms with Gasteiger partial charge in [0.25, 0.3) is 0 Å². The first-order valence-electron chi connectivity index (χ1n) is 9.31. The van der Waals surface area contributed by atoms with E-state index in [0.29, 0.717) is 5.54 Å². The van der Waals surface area contributed by atoms with Gasteiger partial charge in [-0.25, -0.2) is 0 Å². The number of carbonyl (C=O) groups is 1. The summed E-state index contributed by atoms with van der Waals surface area (Å²) in [6.45, 7) is 2.52. The SMILES string of the molecule is CC(=O)Nc1c(I)cc(I)cc1CN(C)C12CC3CC(CC(C3)C1)C2.Cl. The van der Waals surface area contributed by atoms with Crippen molar-refractivity contribution in [3.63, 3.8) is 0 Å². The van der Waals surface area contributed by atoms with Crippen LogP contribution in [0.4, 0.5) is 5.69 Å². The molecule has 4 aliphatic carbocycles. The van der Waals surface area contributed by atoms with E-state index in [1.54, 1.807) is 6.92 Å². The van der Waals surface area contributed by atoms with Gasteiger partial charge in [-0.1, -0.05) is 0 Å². The highest BCUT2D eigenvalue weighted by molar-refractivity contribution is 14.1. The highest BCUT2D eigenvalue weighted by atomic mass is 127. The molecule has 4 fully saturated rings. The Balaban J connectivity index is 0.00000196. The third-order valence-electron chi connectivity index (χ3n) is 6.66. The quantitative estimate of drug-likeness (QED) is 0.452. The Morgan fingerprint density at radius 3 is 2.19 bits per heavy atom. The third-order valence-corrected chi connectivity index (χ3v) is 8.13. The summed E-state index contributed by atoms with van der Waals surface area (Å²) in [4.78, 5) is 14.3. The van der Waals surface area contributed by atoms with Gasteiger partial charge in [-0.05, 0) is 126 Å². The van der Waals surface area contributed by atoms with Gasteiger partial charge in [0.15, 0.2) is 0 Å². The summed E-state index contributed by atoms with van der Waals surface area (Å²) in [5, 5.41) is 3.07. The van der Waals surface area contributed by atoms with Crippen LogP contribution in [0.2, 0.25) is 0 Å². The Morgan fingerprint density at radius 1 is 1.15 bits per heavy atom. The maximum Gasteiger partial charge on any atom is 0.221 e. The molecule has 3 nitrogen and oxygen atoms in total. The Labute approximate surface area is 190 Å². The lowest BCUT2D eigenvalue weighted by Gasteiger charge is -2.60. The lowest BCUT2D eigenvalue weighted by molar-refractivity contribution is -0.114. The van der Waals surface area contributed by atoms with E-state index in [9.17, 15) is 4.79 Å². The second-order valence-corrected chi connectivity index (χ2v) is 11.0. The van der Waals surface area contributed by atoms with Gasteiger partial charge in [0.05, 0.1) is 5.69 Å². The molecular formula is C20H27ClI2N2O. The number of hydrogen-bond acceptors (Lipinski definition) is 2. The molecule has 1 aromatic rings. The molecule has 144 valence electrons. The molecule has 4 saturated carbocycles. The number of benzene rings is 1. The molecule has 1 N–H and O–H groups in total. The topological polar surface area (TPSA) is 32.3 Å². The van der Waals surface area contributed by atoms with Crippen molar-refractivity contribution >= 4 is 69.2 Å². The van der Waals surface area contributed by atoms with Gasteiger partial charge in [0.1, 0.15) is 0 Å². The van der Waals surface area contributed by atoms with Crippen LogP contribution in [0.1, 0.15) is 51.0 Å². The molecule has 5 rings (SSSR count). The van der Waals surface area contributed by atoms with E-state index < -0.39 is 0 Å². The molecule has 1 aromatic carbocycles. The van der Waals surface area contributed by atoms with Crippen LogP contribution in [0, 0.1) is 24.9 Å². The fourth-order valence-corrected chi connectivity index (χ4v) is 8.12. The van der Waals surface area contributed by atoms with E-state index in [2.05, 4.69) is 74.6 Å². The minimum atomic E-state index is 0. The normalized spacial score (nSPS) is 31.8. The first-order valence-corrected chi connectivity index (χ1v) is 11.5. The smallest absolute Gasteiger partial charge is 0.221 e. The average Bonchev–Trinajstić information content (AvgIpc) is 2.49. The van der Waals surface area contributed by atoms with Crippen molar-refractivity contribution in [2.45, 2.75) is 57.5 Å². The lowest BCUT2D eigenvalue weighted by atomic mass is 9.52. The maximum absolute atomic E-state index is 11.7. The third kappa shape index (κ3) is 4.06. The van der Waals surface area contributed by atoms with E-state index in [-0.39, 0.29) is 18.3 Å². The zero-order valence-electron chi connectivity index (χ0n) is 15.4. The molecule has 4 aliphatic rings. The van der Waals surface area contributed by atoms with E-state index in [1.807, 2.05) is 0 Å². The van der Waals surface area contributed by atoms with Crippen molar-refractivity contribution in [1.29, 1.82) is 0 Å². The Morgan fingerprint density at radius 2 is 1.69 bits per heavy atom. The van der Waals surface area contributed by atoms with E-state index in [0.717, 1.165) is 33.6 Å². The summed E-state index contributed by atoms with van der Waals surface area (Å²) < 4.78 is 2.37. The second kappa shape index (κ2) is 8.03. The van der Waals surface area contributed by atoms with Gasteiger partial charge in [-0.15, -0.1) is 12.4 Å². The summed E-state index contributed by atoms with van der Waals surface area (Å²) >= 11 is 4.73. The first-order chi connectivity index (χ1) is 11.8. The van der Waals surface area contributed by atoms with Crippen molar-refractivity contribution < 1.29 is 4.79 Å². The maximum atomic E-state index is 11.7. The molecular weight excluding hydrogens is 573 g/mol. The highest BCUT2D eigenvalue weighted by Crippen LogP contribution is 2.57. The van der Waals surface area contributed by atoms with E-state index in [4.69, 9.17) is 0 Å². The minimum absolute atomic E-state index is 0. The molecule has 0 radical (unpaired) electrons. The minimum Gasteiger partial charge on any atom is -0.325 e. The summed E-state index contributed by atoms with van der Waals surface area (Å²) in [6, 6.07) is 4.38. The highest BCUT2D eigenvalue weighted by Gasteiger charge is 2.52. The van der Waals surface area contributed by atoms with Crippen LogP contribution in [-0.4, -0.2) is 23.4 Å². The predicted molar refractivity (Wildman–Crippen MR) is 126 cm³/mol. The van der Waals surface area contributed by atoms with Gasteiger partial charge in [-0.3, -0.25) is 9.69 Å². The zero-order chi connectivity index (χ0) is 17.8. The number of nitrogens with one attached hydrogen (secondary N) is 1. The summed E-state index contributed by atoms with van der Waals surface area (Å²) in [7, 11) is 2.32. The molecule has 4 bridgehead atoms. The van der Waals surface area contributed by atoms with Crippen molar-refractivity contribution in [3.05, 3.63) is 24.8 Å². The standard InChI is InChI=1S/C20H26I2N2O.ClH/c1-12(25)23-19-16(6-17(21)7-18(19)22)11-24(2)20-8-13-3-14(9-20)5-15(4-13)10-20;/h6-7,13-15H,3-5,8-11H2,1-2H3,(H,23,25);1H. The summed E-state index contributed by atoms with van der Waals surface area (Å²) in [5.74, 6) is 2.89. The van der Waals surface area contributed by atoms with Gasteiger partial charge in [0, 0.05) is 26.1 Å². The molecule has 0 aromatic heterocycles. The van der Waals surface area contributed by atoms with Crippen LogP contribution in [0.15, 0.2) is 12.1 Å². The van der Waals surface area contributed by atoms with Crippen LogP contribution in [-0.2, 0) is 11.3 Å². The number of amides is 1.